The molecule has 2 fully saturated rings. The van der Waals surface area contributed by atoms with Crippen LogP contribution in [0.5, 0.6) is 0 Å². The zero-order valence-corrected chi connectivity index (χ0v) is 16.0. The average Bonchev–Trinajstić information content (AvgIpc) is 2.65. The lowest BCUT2D eigenvalue weighted by molar-refractivity contribution is -0.160. The molecule has 144 valence electrons. The van der Waals surface area contributed by atoms with E-state index in [0.717, 1.165) is 44.9 Å². The number of rotatable bonds is 8. The number of carbonyl (C=O) groups excluding carboxylic acids is 1. The molecule has 4 heteroatoms. The number of hydrogen-bond donors (Lipinski definition) is 1. The van der Waals surface area contributed by atoms with Gasteiger partial charge >= 0.3 is 5.97 Å². The minimum absolute atomic E-state index is 0.219. The van der Waals surface area contributed by atoms with Crippen LogP contribution >= 0.6 is 0 Å². The van der Waals surface area contributed by atoms with Crippen LogP contribution < -0.4 is 0 Å². The molecule has 0 spiro atoms. The van der Waals surface area contributed by atoms with Crippen molar-refractivity contribution in [1.82, 2.24) is 0 Å². The topological polar surface area (TPSA) is 54.4 Å². The number of unbranched alkanes of at least 4 members (excludes halogenated alkanes) is 1. The van der Waals surface area contributed by atoms with Crippen molar-refractivity contribution in [2.24, 2.45) is 16.7 Å². The van der Waals surface area contributed by atoms with Crippen molar-refractivity contribution in [2.75, 3.05) is 0 Å². The first kappa shape index (κ1) is 20.4. The second kappa shape index (κ2) is 8.64. The van der Waals surface area contributed by atoms with E-state index in [-0.39, 0.29) is 11.7 Å². The SMILES string of the molecule is CCCCC(=O)C1(C2(C(F)CC)CCCCC2)CCC(C(=O)O)CC1. The van der Waals surface area contributed by atoms with Crippen molar-refractivity contribution >= 4 is 11.8 Å². The third-order valence-electron chi connectivity index (χ3n) is 7.14. The zero-order chi connectivity index (χ0) is 18.5. The van der Waals surface area contributed by atoms with Gasteiger partial charge in [0, 0.05) is 17.3 Å². The van der Waals surface area contributed by atoms with Crippen LogP contribution in [0.2, 0.25) is 0 Å². The summed E-state index contributed by atoms with van der Waals surface area (Å²) in [5.74, 6) is -0.914. The van der Waals surface area contributed by atoms with E-state index in [1.165, 1.54) is 0 Å². The van der Waals surface area contributed by atoms with Gasteiger partial charge in [0.25, 0.3) is 0 Å². The lowest BCUT2D eigenvalue weighted by atomic mass is 9.47. The van der Waals surface area contributed by atoms with E-state index in [1.54, 1.807) is 0 Å². The summed E-state index contributed by atoms with van der Waals surface area (Å²) in [6.07, 6.45) is 8.66. The first-order valence-electron chi connectivity index (χ1n) is 10.3. The number of carbonyl (C=O) groups is 2. The summed E-state index contributed by atoms with van der Waals surface area (Å²) in [4.78, 5) is 24.8. The summed E-state index contributed by atoms with van der Waals surface area (Å²) in [6.45, 7) is 3.95. The predicted octanol–water partition coefficient (Wildman–Crippen LogP) is 5.71. The number of hydrogen-bond acceptors (Lipinski definition) is 2. The monoisotopic (exact) mass is 354 g/mol. The van der Waals surface area contributed by atoms with Crippen LogP contribution in [-0.4, -0.2) is 23.0 Å². The maximum absolute atomic E-state index is 15.4. The Balaban J connectivity index is 2.38. The third-order valence-corrected chi connectivity index (χ3v) is 7.14. The molecule has 0 aromatic heterocycles. The quantitative estimate of drug-likeness (QED) is 0.608. The zero-order valence-electron chi connectivity index (χ0n) is 16.0. The lowest BCUT2D eigenvalue weighted by Gasteiger charge is -2.56. The minimum atomic E-state index is -0.959. The fourth-order valence-corrected chi connectivity index (χ4v) is 5.65. The number of ketones is 1. The van der Waals surface area contributed by atoms with Gasteiger partial charge in [0.2, 0.25) is 0 Å². The highest BCUT2D eigenvalue weighted by Gasteiger charge is 2.59. The highest BCUT2D eigenvalue weighted by Crippen LogP contribution is 2.61. The molecular formula is C21H35FO3. The van der Waals surface area contributed by atoms with Gasteiger partial charge in [-0.25, -0.2) is 4.39 Å². The van der Waals surface area contributed by atoms with Gasteiger partial charge in [0.1, 0.15) is 12.0 Å². The molecule has 2 aliphatic rings. The molecule has 2 aliphatic carbocycles. The first-order valence-corrected chi connectivity index (χ1v) is 10.3. The molecule has 25 heavy (non-hydrogen) atoms. The van der Waals surface area contributed by atoms with Gasteiger partial charge < -0.3 is 5.11 Å². The molecule has 1 N–H and O–H groups in total. The summed E-state index contributed by atoms with van der Waals surface area (Å²) in [5.41, 5.74) is -1.20. The van der Waals surface area contributed by atoms with Crippen molar-refractivity contribution < 1.29 is 19.1 Å². The molecule has 1 atom stereocenters. The Morgan fingerprint density at radius 2 is 1.68 bits per heavy atom. The summed E-state index contributed by atoms with van der Waals surface area (Å²) in [5, 5.41) is 9.36. The van der Waals surface area contributed by atoms with Crippen LogP contribution in [0.1, 0.15) is 97.3 Å². The molecule has 0 aromatic carbocycles. The van der Waals surface area contributed by atoms with Crippen LogP contribution in [0.4, 0.5) is 4.39 Å². The Morgan fingerprint density at radius 1 is 1.08 bits per heavy atom. The highest BCUT2D eigenvalue weighted by atomic mass is 19.1. The number of Topliss-reactive ketones (excluding diaryl/α,β-unsaturated/α-hetero) is 1. The Bertz CT molecular complexity index is 460. The molecule has 0 aliphatic heterocycles. The predicted molar refractivity (Wildman–Crippen MR) is 97.3 cm³/mol. The van der Waals surface area contributed by atoms with Crippen LogP contribution in [-0.2, 0) is 9.59 Å². The summed E-state index contributed by atoms with van der Waals surface area (Å²) in [7, 11) is 0. The van der Waals surface area contributed by atoms with E-state index in [1.807, 2.05) is 6.92 Å². The average molecular weight is 355 g/mol. The van der Waals surface area contributed by atoms with Gasteiger partial charge in [0.05, 0.1) is 5.92 Å². The smallest absolute Gasteiger partial charge is 0.306 e. The molecular weight excluding hydrogens is 319 g/mol. The fraction of sp³-hybridized carbons (Fsp3) is 0.905. The molecule has 0 heterocycles. The normalized spacial score (nSPS) is 30.6. The largest absolute Gasteiger partial charge is 0.481 e. The molecule has 0 saturated heterocycles. The number of halogens is 1. The standard InChI is InChI=1S/C21H35FO3/c1-3-5-9-18(23)21(14-10-16(11-15-21)19(24)25)20(17(22)4-2)12-7-6-8-13-20/h16-17H,3-15H2,1-2H3,(H,24,25). The van der Waals surface area contributed by atoms with Gasteiger partial charge in [-0.15, -0.1) is 0 Å². The van der Waals surface area contributed by atoms with E-state index in [0.29, 0.717) is 38.5 Å². The van der Waals surface area contributed by atoms with Gasteiger partial charge in [0.15, 0.2) is 0 Å². The maximum atomic E-state index is 15.4. The Morgan fingerprint density at radius 3 is 2.16 bits per heavy atom. The Kier molecular flexibility index (Phi) is 7.04. The highest BCUT2D eigenvalue weighted by molar-refractivity contribution is 5.86. The van der Waals surface area contributed by atoms with Gasteiger partial charge in [-0.1, -0.05) is 39.5 Å². The van der Waals surface area contributed by atoms with E-state index >= 15 is 4.39 Å². The van der Waals surface area contributed by atoms with E-state index in [9.17, 15) is 14.7 Å². The van der Waals surface area contributed by atoms with Crippen LogP contribution in [0, 0.1) is 16.7 Å². The fourth-order valence-electron chi connectivity index (χ4n) is 5.65. The summed E-state index contributed by atoms with van der Waals surface area (Å²) in [6, 6.07) is 0. The number of alkyl halides is 1. The lowest BCUT2D eigenvalue weighted by Crippen LogP contribution is -2.55. The third kappa shape index (κ3) is 3.78. The van der Waals surface area contributed by atoms with Crippen LogP contribution in [0.15, 0.2) is 0 Å². The number of carboxylic acids is 1. The van der Waals surface area contributed by atoms with Crippen molar-refractivity contribution in [3.63, 3.8) is 0 Å². The first-order chi connectivity index (χ1) is 11.9. The van der Waals surface area contributed by atoms with E-state index in [2.05, 4.69) is 6.92 Å². The van der Waals surface area contributed by atoms with Crippen molar-refractivity contribution in [3.05, 3.63) is 0 Å². The van der Waals surface area contributed by atoms with Gasteiger partial charge in [-0.05, 0) is 51.4 Å². The molecule has 1 unspecified atom stereocenters. The van der Waals surface area contributed by atoms with Gasteiger partial charge in [-0.2, -0.15) is 0 Å². The van der Waals surface area contributed by atoms with Crippen molar-refractivity contribution in [2.45, 2.75) is 103 Å². The molecule has 3 nitrogen and oxygen atoms in total. The molecule has 2 rings (SSSR count). The number of aliphatic carboxylic acids is 1. The van der Waals surface area contributed by atoms with E-state index in [4.69, 9.17) is 0 Å². The second-order valence-corrected chi connectivity index (χ2v) is 8.31. The van der Waals surface area contributed by atoms with Crippen molar-refractivity contribution in [1.29, 1.82) is 0 Å². The molecule has 0 amide bonds. The van der Waals surface area contributed by atoms with E-state index < -0.39 is 23.0 Å². The van der Waals surface area contributed by atoms with Gasteiger partial charge in [-0.3, -0.25) is 9.59 Å². The van der Waals surface area contributed by atoms with Crippen LogP contribution in [0.25, 0.3) is 0 Å². The summed E-state index contributed by atoms with van der Waals surface area (Å²) >= 11 is 0. The molecule has 0 aromatic rings. The number of carboxylic acid groups (broad SMARTS) is 1. The van der Waals surface area contributed by atoms with Crippen molar-refractivity contribution in [3.8, 4) is 0 Å². The molecule has 0 bridgehead atoms. The summed E-state index contributed by atoms with van der Waals surface area (Å²) < 4.78 is 15.4. The Hall–Kier alpha value is -0.930. The Labute approximate surface area is 151 Å². The molecule has 0 radical (unpaired) electrons. The molecule has 2 saturated carbocycles. The van der Waals surface area contributed by atoms with Crippen LogP contribution in [0.3, 0.4) is 0 Å². The second-order valence-electron chi connectivity index (χ2n) is 8.31. The maximum Gasteiger partial charge on any atom is 0.306 e. The minimum Gasteiger partial charge on any atom is -0.481 e.